The molecule has 102 valence electrons. The van der Waals surface area contributed by atoms with Gasteiger partial charge in [-0.1, -0.05) is 11.3 Å². The van der Waals surface area contributed by atoms with Crippen molar-refractivity contribution in [2.75, 3.05) is 28.4 Å². The van der Waals surface area contributed by atoms with E-state index in [1.165, 1.54) is 34.5 Å². The summed E-state index contributed by atoms with van der Waals surface area (Å²) in [6, 6.07) is 1.40. The van der Waals surface area contributed by atoms with E-state index in [-0.39, 0.29) is 10.6 Å². The first-order chi connectivity index (χ1) is 8.49. The number of phosphoric ester groups is 1. The Balaban J connectivity index is 3.11. The Morgan fingerprint density at radius 3 is 2.28 bits per heavy atom. The van der Waals surface area contributed by atoms with Crippen molar-refractivity contribution in [2.45, 2.75) is 0 Å². The van der Waals surface area contributed by atoms with Gasteiger partial charge in [0.05, 0.1) is 14.2 Å². The molecule has 18 heavy (non-hydrogen) atoms. The SMILES string of the molecule is COC(=O)c1sc(OC)cc1OP(=O)(OC)OC. The Morgan fingerprint density at radius 2 is 1.83 bits per heavy atom. The van der Waals surface area contributed by atoms with Crippen LogP contribution in [0.4, 0.5) is 0 Å². The van der Waals surface area contributed by atoms with E-state index in [1.54, 1.807) is 0 Å². The van der Waals surface area contributed by atoms with Crippen LogP contribution in [0, 0.1) is 0 Å². The van der Waals surface area contributed by atoms with Crippen LogP contribution >= 0.6 is 19.2 Å². The van der Waals surface area contributed by atoms with Gasteiger partial charge in [0.15, 0.2) is 15.7 Å². The molecule has 0 aliphatic heterocycles. The number of phosphoric acid groups is 1. The number of thiophene rings is 1. The van der Waals surface area contributed by atoms with E-state index < -0.39 is 13.8 Å². The molecule has 0 unspecified atom stereocenters. The summed E-state index contributed by atoms with van der Waals surface area (Å²) in [5, 5.41) is 0.407. The van der Waals surface area contributed by atoms with E-state index in [0.29, 0.717) is 5.06 Å². The summed E-state index contributed by atoms with van der Waals surface area (Å²) in [6.07, 6.45) is 0. The van der Waals surface area contributed by atoms with Gasteiger partial charge in [0.25, 0.3) is 0 Å². The third kappa shape index (κ3) is 3.23. The molecule has 0 aliphatic carbocycles. The Hall–Kier alpha value is -1.08. The van der Waals surface area contributed by atoms with Crippen LogP contribution in [0.25, 0.3) is 0 Å². The third-order valence-electron chi connectivity index (χ3n) is 1.90. The molecule has 0 amide bonds. The normalized spacial score (nSPS) is 11.1. The van der Waals surface area contributed by atoms with Crippen molar-refractivity contribution >= 4 is 25.1 Å². The monoisotopic (exact) mass is 296 g/mol. The lowest BCUT2D eigenvalue weighted by atomic mass is 10.4. The highest BCUT2D eigenvalue weighted by Crippen LogP contribution is 2.50. The standard InChI is InChI=1S/C9H13O7PS/c1-12-7-5-6(8(18-7)9(10)13-2)16-17(11,14-3)15-4/h5H,1-4H3. The van der Waals surface area contributed by atoms with Crippen molar-refractivity contribution in [3.05, 3.63) is 10.9 Å². The fourth-order valence-corrected chi connectivity index (χ4v) is 2.59. The molecule has 0 N–H and O–H groups in total. The fourth-order valence-electron chi connectivity index (χ4n) is 1.03. The first-order valence-corrected chi connectivity index (χ1v) is 6.94. The van der Waals surface area contributed by atoms with E-state index in [9.17, 15) is 9.36 Å². The minimum atomic E-state index is -3.73. The van der Waals surface area contributed by atoms with E-state index >= 15 is 0 Å². The lowest BCUT2D eigenvalue weighted by Crippen LogP contribution is -2.03. The predicted octanol–water partition coefficient (Wildman–Crippen LogP) is 2.32. The smallest absolute Gasteiger partial charge is 0.487 e. The zero-order valence-electron chi connectivity index (χ0n) is 10.3. The largest absolute Gasteiger partial charge is 0.529 e. The predicted molar refractivity (Wildman–Crippen MR) is 64.5 cm³/mol. The Morgan fingerprint density at radius 1 is 1.22 bits per heavy atom. The van der Waals surface area contributed by atoms with Crippen molar-refractivity contribution in [1.82, 2.24) is 0 Å². The second-order valence-corrected chi connectivity index (χ2v) is 5.68. The van der Waals surface area contributed by atoms with Crippen molar-refractivity contribution in [3.8, 4) is 10.8 Å². The van der Waals surface area contributed by atoms with Crippen molar-refractivity contribution in [1.29, 1.82) is 0 Å². The summed E-state index contributed by atoms with van der Waals surface area (Å²) >= 11 is 1.000. The number of carbonyl (C=O) groups excluding carboxylic acids is 1. The number of methoxy groups -OCH3 is 2. The number of hydrogen-bond acceptors (Lipinski definition) is 8. The minimum Gasteiger partial charge on any atom is -0.487 e. The van der Waals surface area contributed by atoms with Gasteiger partial charge in [0.1, 0.15) is 0 Å². The van der Waals surface area contributed by atoms with Gasteiger partial charge in [-0.3, -0.25) is 9.05 Å². The molecule has 1 heterocycles. The fraction of sp³-hybridized carbons (Fsp3) is 0.444. The maximum absolute atomic E-state index is 11.8. The highest BCUT2D eigenvalue weighted by Gasteiger charge is 2.29. The van der Waals surface area contributed by atoms with Crippen molar-refractivity contribution < 1.29 is 32.4 Å². The zero-order chi connectivity index (χ0) is 13.8. The molecule has 0 saturated heterocycles. The average molecular weight is 296 g/mol. The number of hydrogen-bond donors (Lipinski definition) is 0. The summed E-state index contributed by atoms with van der Waals surface area (Å²) in [4.78, 5) is 11.6. The zero-order valence-corrected chi connectivity index (χ0v) is 12.0. The van der Waals surface area contributed by atoms with E-state index in [2.05, 4.69) is 13.8 Å². The van der Waals surface area contributed by atoms with Crippen LogP contribution < -0.4 is 9.26 Å². The maximum Gasteiger partial charge on any atom is 0.529 e. The molecule has 0 aliphatic rings. The second-order valence-electron chi connectivity index (χ2n) is 2.86. The first-order valence-electron chi connectivity index (χ1n) is 4.67. The number of carbonyl (C=O) groups is 1. The molecule has 0 atom stereocenters. The number of rotatable bonds is 6. The lowest BCUT2D eigenvalue weighted by molar-refractivity contribution is 0.0604. The summed E-state index contributed by atoms with van der Waals surface area (Å²) in [5.41, 5.74) is 0. The molecule has 1 aromatic heterocycles. The molecule has 0 radical (unpaired) electrons. The van der Waals surface area contributed by atoms with Gasteiger partial charge in [0, 0.05) is 20.3 Å². The van der Waals surface area contributed by atoms with Crippen LogP contribution in [0.15, 0.2) is 6.07 Å². The van der Waals surface area contributed by atoms with Crippen molar-refractivity contribution in [3.63, 3.8) is 0 Å². The van der Waals surface area contributed by atoms with Gasteiger partial charge in [0.2, 0.25) is 0 Å². The molecule has 0 fully saturated rings. The van der Waals surface area contributed by atoms with Gasteiger partial charge < -0.3 is 14.0 Å². The van der Waals surface area contributed by atoms with Crippen LogP contribution in [0.2, 0.25) is 0 Å². The first kappa shape index (κ1) is 15.0. The van der Waals surface area contributed by atoms with Crippen LogP contribution in [-0.2, 0) is 18.3 Å². The maximum atomic E-state index is 11.8. The molecule has 9 heteroatoms. The van der Waals surface area contributed by atoms with Gasteiger partial charge in [-0.2, -0.15) is 0 Å². The highest BCUT2D eigenvalue weighted by molar-refractivity contribution is 7.48. The number of esters is 1. The quantitative estimate of drug-likeness (QED) is 0.588. The van der Waals surface area contributed by atoms with Crippen molar-refractivity contribution in [2.24, 2.45) is 0 Å². The third-order valence-corrected chi connectivity index (χ3v) is 4.28. The average Bonchev–Trinajstić information content (AvgIpc) is 2.80. The Bertz CT molecular complexity index is 461. The molecule has 7 nitrogen and oxygen atoms in total. The summed E-state index contributed by atoms with van der Waals surface area (Å²) < 4.78 is 35.7. The van der Waals surface area contributed by atoms with Crippen LogP contribution in [0.3, 0.4) is 0 Å². The van der Waals surface area contributed by atoms with Gasteiger partial charge in [-0.25, -0.2) is 9.36 Å². The molecule has 0 aromatic carbocycles. The molecule has 0 spiro atoms. The molecule has 1 aromatic rings. The summed E-state index contributed by atoms with van der Waals surface area (Å²) in [7, 11) is 1.27. The second kappa shape index (κ2) is 6.19. The van der Waals surface area contributed by atoms with Gasteiger partial charge in [-0.15, -0.1) is 0 Å². The topological polar surface area (TPSA) is 80.3 Å². The molecular weight excluding hydrogens is 283 g/mol. The van der Waals surface area contributed by atoms with E-state index in [1.807, 2.05) is 0 Å². The lowest BCUT2D eigenvalue weighted by Gasteiger charge is -2.13. The molecule has 0 saturated carbocycles. The Labute approximate surface area is 108 Å². The van der Waals surface area contributed by atoms with Crippen LogP contribution in [0.5, 0.6) is 10.8 Å². The summed E-state index contributed by atoms with van der Waals surface area (Å²) in [6.45, 7) is 0. The highest BCUT2D eigenvalue weighted by atomic mass is 32.1. The van der Waals surface area contributed by atoms with Gasteiger partial charge >= 0.3 is 13.8 Å². The number of ether oxygens (including phenoxy) is 2. The summed E-state index contributed by atoms with van der Waals surface area (Å²) in [5.74, 6) is -0.604. The molecular formula is C9H13O7PS. The van der Waals surface area contributed by atoms with E-state index in [4.69, 9.17) is 9.26 Å². The van der Waals surface area contributed by atoms with Crippen LogP contribution in [-0.4, -0.2) is 34.4 Å². The van der Waals surface area contributed by atoms with Gasteiger partial charge in [-0.05, 0) is 0 Å². The van der Waals surface area contributed by atoms with E-state index in [0.717, 1.165) is 11.3 Å². The Kier molecular flexibility index (Phi) is 5.15. The van der Waals surface area contributed by atoms with Crippen LogP contribution in [0.1, 0.15) is 9.67 Å². The molecule has 0 bridgehead atoms. The minimum absolute atomic E-state index is 0.0238. The molecule has 1 rings (SSSR count).